The number of pyridine rings is 1. The van der Waals surface area contributed by atoms with E-state index in [2.05, 4.69) is 29.9 Å². The van der Waals surface area contributed by atoms with Gasteiger partial charge in [0.25, 0.3) is 0 Å². The van der Waals surface area contributed by atoms with Crippen molar-refractivity contribution in [1.82, 2.24) is 9.88 Å². The normalized spacial score (nSPS) is 13.1. The van der Waals surface area contributed by atoms with Crippen molar-refractivity contribution in [3.63, 3.8) is 0 Å². The van der Waals surface area contributed by atoms with Crippen LogP contribution < -0.4 is 5.73 Å². The van der Waals surface area contributed by atoms with Crippen LogP contribution in [0.25, 0.3) is 10.9 Å². The van der Waals surface area contributed by atoms with Crippen LogP contribution in [0.1, 0.15) is 12.5 Å². The Balaban J connectivity index is 2.28. The zero-order valence-corrected chi connectivity index (χ0v) is 11.8. The highest BCUT2D eigenvalue weighted by Crippen LogP contribution is 2.23. The van der Waals surface area contributed by atoms with E-state index >= 15 is 0 Å². The number of methoxy groups -OCH3 is 1. The fourth-order valence-corrected chi connectivity index (χ4v) is 2.17. The smallest absolute Gasteiger partial charge is 0.0767 e. The van der Waals surface area contributed by atoms with Gasteiger partial charge >= 0.3 is 0 Å². The molecule has 2 aromatic rings. The van der Waals surface area contributed by atoms with Gasteiger partial charge in [0.1, 0.15) is 0 Å². The maximum absolute atomic E-state index is 5.99. The monoisotopic (exact) mass is 259 g/mol. The summed E-state index contributed by atoms with van der Waals surface area (Å²) in [6, 6.07) is 8.30. The van der Waals surface area contributed by atoms with Crippen molar-refractivity contribution in [2.75, 3.05) is 26.5 Å². The Labute approximate surface area is 114 Å². The predicted molar refractivity (Wildman–Crippen MR) is 79.0 cm³/mol. The second-order valence-corrected chi connectivity index (χ2v) is 4.93. The van der Waals surface area contributed by atoms with Crippen molar-refractivity contribution in [1.29, 1.82) is 0 Å². The van der Waals surface area contributed by atoms with E-state index in [0.29, 0.717) is 6.04 Å². The maximum Gasteiger partial charge on any atom is 0.0767 e. The van der Waals surface area contributed by atoms with E-state index in [4.69, 9.17) is 10.5 Å². The highest BCUT2D eigenvalue weighted by molar-refractivity contribution is 5.92. The highest BCUT2D eigenvalue weighted by Gasteiger charge is 2.12. The molecule has 4 heteroatoms. The van der Waals surface area contributed by atoms with E-state index in [-0.39, 0.29) is 0 Å². The highest BCUT2D eigenvalue weighted by atomic mass is 16.5. The maximum atomic E-state index is 5.99. The van der Waals surface area contributed by atoms with Gasteiger partial charge < -0.3 is 10.5 Å². The lowest BCUT2D eigenvalue weighted by Gasteiger charge is -2.24. The first-order chi connectivity index (χ1) is 9.13. The van der Waals surface area contributed by atoms with Crippen LogP contribution in [-0.2, 0) is 11.3 Å². The molecule has 0 aliphatic heterocycles. The van der Waals surface area contributed by atoms with Gasteiger partial charge in [-0.25, -0.2) is 0 Å². The number of fused-ring (bicyclic) bond motifs is 1. The van der Waals surface area contributed by atoms with Crippen LogP contribution in [0, 0.1) is 0 Å². The van der Waals surface area contributed by atoms with Gasteiger partial charge in [-0.05, 0) is 37.7 Å². The number of nitrogens with two attached hydrogens (primary N) is 1. The Morgan fingerprint density at radius 2 is 2.16 bits per heavy atom. The van der Waals surface area contributed by atoms with Gasteiger partial charge in [-0.1, -0.05) is 6.07 Å². The second-order valence-electron chi connectivity index (χ2n) is 4.93. The number of rotatable bonds is 5. The molecule has 0 radical (unpaired) electrons. The first-order valence-corrected chi connectivity index (χ1v) is 6.44. The average Bonchev–Trinajstić information content (AvgIpc) is 2.42. The second kappa shape index (κ2) is 5.99. The third kappa shape index (κ3) is 3.03. The molecule has 0 spiro atoms. The van der Waals surface area contributed by atoms with Gasteiger partial charge in [0, 0.05) is 37.0 Å². The van der Waals surface area contributed by atoms with Crippen molar-refractivity contribution in [2.45, 2.75) is 19.5 Å². The minimum absolute atomic E-state index is 0.362. The summed E-state index contributed by atoms with van der Waals surface area (Å²) < 4.78 is 5.19. The fraction of sp³-hybridized carbons (Fsp3) is 0.400. The number of aromatic nitrogens is 1. The third-order valence-electron chi connectivity index (χ3n) is 3.47. The van der Waals surface area contributed by atoms with Crippen LogP contribution in [0.2, 0.25) is 0 Å². The SMILES string of the molecule is COCC(C)N(C)Cc1ccc(N)c2cccnc12. The molecular formula is C15H21N3O. The first-order valence-electron chi connectivity index (χ1n) is 6.44. The van der Waals surface area contributed by atoms with E-state index in [1.807, 2.05) is 24.4 Å². The molecule has 1 aromatic carbocycles. The number of hydrogen-bond acceptors (Lipinski definition) is 4. The Morgan fingerprint density at radius 3 is 2.89 bits per heavy atom. The molecule has 1 aromatic heterocycles. The van der Waals surface area contributed by atoms with Crippen molar-refractivity contribution < 1.29 is 4.74 Å². The minimum atomic E-state index is 0.362. The van der Waals surface area contributed by atoms with Crippen molar-refractivity contribution in [3.8, 4) is 0 Å². The topological polar surface area (TPSA) is 51.4 Å². The van der Waals surface area contributed by atoms with Crippen LogP contribution in [-0.4, -0.2) is 36.7 Å². The molecule has 0 saturated carbocycles. The Kier molecular flexibility index (Phi) is 4.35. The molecule has 19 heavy (non-hydrogen) atoms. The van der Waals surface area contributed by atoms with Crippen LogP contribution in [0.4, 0.5) is 5.69 Å². The lowest BCUT2D eigenvalue weighted by atomic mass is 10.1. The summed E-state index contributed by atoms with van der Waals surface area (Å²) in [5, 5.41) is 1.02. The van der Waals surface area contributed by atoms with Gasteiger partial charge in [-0.15, -0.1) is 0 Å². The molecule has 0 bridgehead atoms. The van der Waals surface area contributed by atoms with Gasteiger partial charge in [0.15, 0.2) is 0 Å². The standard InChI is InChI=1S/C15H21N3O/c1-11(10-19-3)18(2)9-12-6-7-14(16)13-5-4-8-17-15(12)13/h4-8,11H,9-10,16H2,1-3H3. The Bertz CT molecular complexity index is 556. The zero-order valence-electron chi connectivity index (χ0n) is 11.8. The summed E-state index contributed by atoms with van der Waals surface area (Å²) in [5.74, 6) is 0. The number of hydrogen-bond donors (Lipinski definition) is 1. The molecule has 1 heterocycles. The number of nitrogens with zero attached hydrogens (tertiary/aromatic N) is 2. The molecule has 2 rings (SSSR count). The summed E-state index contributed by atoms with van der Waals surface area (Å²) in [5.41, 5.74) is 8.94. The largest absolute Gasteiger partial charge is 0.398 e. The van der Waals surface area contributed by atoms with Crippen LogP contribution >= 0.6 is 0 Å². The van der Waals surface area contributed by atoms with Gasteiger partial charge in [0.2, 0.25) is 0 Å². The van der Waals surface area contributed by atoms with Crippen LogP contribution in [0.5, 0.6) is 0 Å². The van der Waals surface area contributed by atoms with E-state index in [1.54, 1.807) is 7.11 Å². The molecule has 102 valence electrons. The molecule has 0 fully saturated rings. The summed E-state index contributed by atoms with van der Waals surface area (Å²) in [6.45, 7) is 3.70. The summed E-state index contributed by atoms with van der Waals surface area (Å²) in [4.78, 5) is 6.72. The zero-order chi connectivity index (χ0) is 13.8. The summed E-state index contributed by atoms with van der Waals surface area (Å²) in [7, 11) is 3.82. The lowest BCUT2D eigenvalue weighted by Crippen LogP contribution is -2.32. The lowest BCUT2D eigenvalue weighted by molar-refractivity contribution is 0.112. The number of benzene rings is 1. The molecule has 1 atom stereocenters. The molecule has 0 aliphatic rings. The van der Waals surface area contributed by atoms with Crippen molar-refractivity contribution >= 4 is 16.6 Å². The predicted octanol–water partition coefficient (Wildman–Crippen LogP) is 2.28. The minimum Gasteiger partial charge on any atom is -0.398 e. The van der Waals surface area contributed by atoms with E-state index in [0.717, 1.165) is 29.7 Å². The number of anilines is 1. The van der Waals surface area contributed by atoms with E-state index < -0.39 is 0 Å². The first kappa shape index (κ1) is 13.8. The number of ether oxygens (including phenoxy) is 1. The van der Waals surface area contributed by atoms with Gasteiger partial charge in [-0.2, -0.15) is 0 Å². The van der Waals surface area contributed by atoms with Gasteiger partial charge in [-0.3, -0.25) is 9.88 Å². The summed E-state index contributed by atoms with van der Waals surface area (Å²) in [6.07, 6.45) is 1.81. The summed E-state index contributed by atoms with van der Waals surface area (Å²) >= 11 is 0. The van der Waals surface area contributed by atoms with E-state index in [9.17, 15) is 0 Å². The molecule has 1 unspecified atom stereocenters. The third-order valence-corrected chi connectivity index (χ3v) is 3.47. The molecular weight excluding hydrogens is 238 g/mol. The quantitative estimate of drug-likeness (QED) is 0.837. The van der Waals surface area contributed by atoms with Gasteiger partial charge in [0.05, 0.1) is 12.1 Å². The van der Waals surface area contributed by atoms with Crippen molar-refractivity contribution in [2.24, 2.45) is 0 Å². The molecule has 0 saturated heterocycles. The number of nitrogen functional groups attached to an aromatic ring is 1. The van der Waals surface area contributed by atoms with Crippen molar-refractivity contribution in [3.05, 3.63) is 36.0 Å². The molecule has 0 aliphatic carbocycles. The fourth-order valence-electron chi connectivity index (χ4n) is 2.17. The Hall–Kier alpha value is -1.65. The Morgan fingerprint density at radius 1 is 1.37 bits per heavy atom. The van der Waals surface area contributed by atoms with Crippen LogP contribution in [0.15, 0.2) is 30.5 Å². The van der Waals surface area contributed by atoms with E-state index in [1.165, 1.54) is 5.56 Å². The number of likely N-dealkylation sites (N-methyl/N-ethyl adjacent to an activating group) is 1. The molecule has 2 N–H and O–H groups in total. The molecule has 0 amide bonds. The van der Waals surface area contributed by atoms with Crippen LogP contribution in [0.3, 0.4) is 0 Å². The molecule has 4 nitrogen and oxygen atoms in total. The average molecular weight is 259 g/mol.